The minimum atomic E-state index is 0.142. The van der Waals surface area contributed by atoms with Crippen molar-refractivity contribution in [3.63, 3.8) is 0 Å². The Morgan fingerprint density at radius 2 is 2.44 bits per heavy atom. The van der Waals surface area contributed by atoms with Crippen LogP contribution in [-0.2, 0) is 9.47 Å². The Kier molecular flexibility index (Phi) is 2.56. The lowest BCUT2D eigenvalue weighted by molar-refractivity contribution is -0.0853. The highest BCUT2D eigenvalue weighted by molar-refractivity contribution is 4.87. The van der Waals surface area contributed by atoms with Crippen LogP contribution in [0, 0.1) is 12.3 Å². The van der Waals surface area contributed by atoms with Crippen molar-refractivity contribution in [2.75, 3.05) is 19.8 Å². The van der Waals surface area contributed by atoms with E-state index in [4.69, 9.17) is 15.9 Å². The van der Waals surface area contributed by atoms with Gasteiger partial charge in [0.25, 0.3) is 0 Å². The summed E-state index contributed by atoms with van der Waals surface area (Å²) in [5, 5.41) is 0. The number of rotatable bonds is 1. The number of hydrogen-bond acceptors (Lipinski definition) is 2. The van der Waals surface area contributed by atoms with E-state index in [9.17, 15) is 0 Å². The van der Waals surface area contributed by atoms with Gasteiger partial charge >= 0.3 is 0 Å². The second-order valence-corrected chi connectivity index (χ2v) is 1.98. The van der Waals surface area contributed by atoms with Gasteiger partial charge in [-0.25, -0.2) is 0 Å². The minimum Gasteiger partial charge on any atom is -0.376 e. The first-order chi connectivity index (χ1) is 4.43. The van der Waals surface area contributed by atoms with Gasteiger partial charge in [0.2, 0.25) is 0 Å². The average Bonchev–Trinajstić information content (AvgIpc) is 1.91. The molecule has 9 heavy (non-hydrogen) atoms. The van der Waals surface area contributed by atoms with Crippen molar-refractivity contribution >= 4 is 0 Å². The van der Waals surface area contributed by atoms with E-state index in [1.807, 2.05) is 0 Å². The predicted octanol–water partition coefficient (Wildman–Crippen LogP) is 0.425. The Morgan fingerprint density at radius 1 is 1.56 bits per heavy atom. The molecule has 0 saturated carbocycles. The topological polar surface area (TPSA) is 18.5 Å². The maximum absolute atomic E-state index is 5.25. The van der Waals surface area contributed by atoms with Gasteiger partial charge in [-0.15, -0.1) is 12.3 Å². The molecule has 1 rings (SSSR count). The van der Waals surface area contributed by atoms with E-state index >= 15 is 0 Å². The maximum atomic E-state index is 5.25. The fourth-order valence-electron chi connectivity index (χ4n) is 0.786. The highest BCUT2D eigenvalue weighted by atomic mass is 16.6. The number of ether oxygens (including phenoxy) is 2. The molecule has 0 N–H and O–H groups in total. The minimum absolute atomic E-state index is 0.142. The van der Waals surface area contributed by atoms with Crippen LogP contribution in [0.25, 0.3) is 0 Å². The largest absolute Gasteiger partial charge is 0.376 e. The summed E-state index contributed by atoms with van der Waals surface area (Å²) in [6, 6.07) is 0. The fraction of sp³-hybridized carbons (Fsp3) is 0.714. The maximum Gasteiger partial charge on any atom is 0.0918 e. The zero-order valence-electron chi connectivity index (χ0n) is 5.30. The van der Waals surface area contributed by atoms with Crippen molar-refractivity contribution in [2.24, 2.45) is 0 Å². The molecular formula is C7H10O2. The van der Waals surface area contributed by atoms with E-state index in [1.54, 1.807) is 0 Å². The van der Waals surface area contributed by atoms with Crippen molar-refractivity contribution in [2.45, 2.75) is 12.5 Å². The van der Waals surface area contributed by atoms with Gasteiger partial charge < -0.3 is 9.47 Å². The summed E-state index contributed by atoms with van der Waals surface area (Å²) in [6.45, 7) is 2.05. The molecule has 2 nitrogen and oxygen atoms in total. The fourth-order valence-corrected chi connectivity index (χ4v) is 0.786. The van der Waals surface area contributed by atoms with Crippen LogP contribution in [0.4, 0.5) is 0 Å². The smallest absolute Gasteiger partial charge is 0.0918 e. The van der Waals surface area contributed by atoms with E-state index in [2.05, 4.69) is 5.92 Å². The first-order valence-electron chi connectivity index (χ1n) is 3.06. The van der Waals surface area contributed by atoms with Crippen LogP contribution in [0.3, 0.4) is 0 Å². The molecule has 1 fully saturated rings. The van der Waals surface area contributed by atoms with Crippen molar-refractivity contribution < 1.29 is 9.47 Å². The van der Waals surface area contributed by atoms with Gasteiger partial charge in [0.15, 0.2) is 0 Å². The molecule has 0 spiro atoms. The van der Waals surface area contributed by atoms with Gasteiger partial charge in [0.1, 0.15) is 0 Å². The summed E-state index contributed by atoms with van der Waals surface area (Å²) in [4.78, 5) is 0. The average molecular weight is 126 g/mol. The Labute approximate surface area is 55.1 Å². The molecule has 1 heterocycles. The Morgan fingerprint density at radius 3 is 3.00 bits per heavy atom. The zero-order valence-corrected chi connectivity index (χ0v) is 5.30. The third-order valence-electron chi connectivity index (χ3n) is 1.23. The Balaban J connectivity index is 2.17. The first-order valence-corrected chi connectivity index (χ1v) is 3.06. The summed E-state index contributed by atoms with van der Waals surface area (Å²) >= 11 is 0. The molecule has 0 aromatic carbocycles. The van der Waals surface area contributed by atoms with Crippen LogP contribution in [0.1, 0.15) is 6.42 Å². The SMILES string of the molecule is C#CCC1COCCO1. The highest BCUT2D eigenvalue weighted by Crippen LogP contribution is 2.02. The van der Waals surface area contributed by atoms with Gasteiger partial charge in [-0.05, 0) is 0 Å². The van der Waals surface area contributed by atoms with Crippen molar-refractivity contribution in [1.29, 1.82) is 0 Å². The predicted molar refractivity (Wildman–Crippen MR) is 34.0 cm³/mol. The van der Waals surface area contributed by atoms with Crippen LogP contribution >= 0.6 is 0 Å². The molecule has 50 valence electrons. The Bertz CT molecular complexity index is 109. The molecule has 1 aliphatic rings. The summed E-state index contributed by atoms with van der Waals surface area (Å²) in [7, 11) is 0. The normalized spacial score (nSPS) is 27.2. The third-order valence-corrected chi connectivity index (χ3v) is 1.23. The molecule has 0 bridgehead atoms. The monoisotopic (exact) mass is 126 g/mol. The van der Waals surface area contributed by atoms with Gasteiger partial charge in [0.05, 0.1) is 25.9 Å². The summed E-state index contributed by atoms with van der Waals surface area (Å²) in [5.74, 6) is 2.53. The van der Waals surface area contributed by atoms with Gasteiger partial charge in [-0.3, -0.25) is 0 Å². The van der Waals surface area contributed by atoms with Crippen LogP contribution in [0.15, 0.2) is 0 Å². The molecular weight excluding hydrogens is 116 g/mol. The first kappa shape index (κ1) is 6.60. The summed E-state index contributed by atoms with van der Waals surface area (Å²) in [6.07, 6.45) is 5.88. The van der Waals surface area contributed by atoms with Gasteiger partial charge in [-0.2, -0.15) is 0 Å². The molecule has 0 amide bonds. The van der Waals surface area contributed by atoms with Crippen LogP contribution in [-0.4, -0.2) is 25.9 Å². The molecule has 1 atom stereocenters. The van der Waals surface area contributed by atoms with Crippen LogP contribution in [0.2, 0.25) is 0 Å². The quantitative estimate of drug-likeness (QED) is 0.474. The Hall–Kier alpha value is -0.520. The third kappa shape index (κ3) is 2.05. The lowest BCUT2D eigenvalue weighted by Crippen LogP contribution is -2.27. The van der Waals surface area contributed by atoms with Crippen LogP contribution < -0.4 is 0 Å². The number of terminal acetylenes is 1. The van der Waals surface area contributed by atoms with Crippen molar-refractivity contribution in [3.05, 3.63) is 0 Å². The standard InChI is InChI=1S/C7H10O2/c1-2-3-7-6-8-4-5-9-7/h1,7H,3-6H2. The molecule has 0 aromatic heterocycles. The highest BCUT2D eigenvalue weighted by Gasteiger charge is 2.11. The van der Waals surface area contributed by atoms with Crippen molar-refractivity contribution in [1.82, 2.24) is 0 Å². The van der Waals surface area contributed by atoms with Gasteiger partial charge in [0, 0.05) is 6.42 Å². The summed E-state index contributed by atoms with van der Waals surface area (Å²) < 4.78 is 10.4. The molecule has 1 aliphatic heterocycles. The second-order valence-electron chi connectivity index (χ2n) is 1.98. The van der Waals surface area contributed by atoms with E-state index in [-0.39, 0.29) is 6.10 Å². The lowest BCUT2D eigenvalue weighted by atomic mass is 10.3. The lowest BCUT2D eigenvalue weighted by Gasteiger charge is -2.20. The zero-order chi connectivity index (χ0) is 6.53. The molecule has 0 radical (unpaired) electrons. The molecule has 0 aliphatic carbocycles. The second kappa shape index (κ2) is 3.49. The van der Waals surface area contributed by atoms with E-state index < -0.39 is 0 Å². The van der Waals surface area contributed by atoms with Crippen molar-refractivity contribution in [3.8, 4) is 12.3 Å². The molecule has 1 unspecified atom stereocenters. The van der Waals surface area contributed by atoms with E-state index in [1.165, 1.54) is 0 Å². The number of hydrogen-bond donors (Lipinski definition) is 0. The van der Waals surface area contributed by atoms with E-state index in [0.717, 1.165) is 0 Å². The van der Waals surface area contributed by atoms with Gasteiger partial charge in [-0.1, -0.05) is 0 Å². The molecule has 1 saturated heterocycles. The molecule has 2 heteroatoms. The van der Waals surface area contributed by atoms with Crippen LogP contribution in [0.5, 0.6) is 0 Å². The van der Waals surface area contributed by atoms with E-state index in [0.29, 0.717) is 26.2 Å². The summed E-state index contributed by atoms with van der Waals surface area (Å²) in [5.41, 5.74) is 0. The molecule has 0 aromatic rings.